The molecule has 5 heteroatoms. The lowest BCUT2D eigenvalue weighted by molar-refractivity contribution is 0.643. The molecule has 2 rings (SSSR count). The summed E-state index contributed by atoms with van der Waals surface area (Å²) in [4.78, 5) is 11.3. The van der Waals surface area contributed by atoms with Gasteiger partial charge in [0.15, 0.2) is 0 Å². The first-order chi connectivity index (χ1) is 8.74. The summed E-state index contributed by atoms with van der Waals surface area (Å²) < 4.78 is 0. The van der Waals surface area contributed by atoms with Crippen LogP contribution in [0.25, 0.3) is 0 Å². The summed E-state index contributed by atoms with van der Waals surface area (Å²) in [7, 11) is 2.12. The lowest BCUT2D eigenvalue weighted by atomic mass is 10.2. The second-order valence-electron chi connectivity index (χ2n) is 4.97. The number of nitrogens with zero attached hydrogens (tertiary/aromatic N) is 3. The molecule has 0 aromatic carbocycles. The number of hydrogen-bond donors (Lipinski definition) is 2. The van der Waals surface area contributed by atoms with Crippen LogP contribution >= 0.6 is 0 Å². The van der Waals surface area contributed by atoms with Crippen molar-refractivity contribution in [2.45, 2.75) is 51.5 Å². The number of nitrogens with two attached hydrogens (primary N) is 1. The van der Waals surface area contributed by atoms with Gasteiger partial charge in [0.25, 0.3) is 0 Å². The number of nitrogens with one attached hydrogen (secondary N) is 1. The molecule has 1 saturated carbocycles. The van der Waals surface area contributed by atoms with Gasteiger partial charge in [-0.15, -0.1) is 0 Å². The van der Waals surface area contributed by atoms with Crippen molar-refractivity contribution in [3.8, 4) is 0 Å². The number of nitrogen functional groups attached to an aromatic ring is 1. The first kappa shape index (κ1) is 13.1. The molecule has 0 atom stereocenters. The van der Waals surface area contributed by atoms with E-state index in [2.05, 4.69) is 34.3 Å². The number of anilines is 2. The summed E-state index contributed by atoms with van der Waals surface area (Å²) in [5, 5.41) is 0. The van der Waals surface area contributed by atoms with E-state index in [4.69, 9.17) is 5.84 Å². The fourth-order valence-electron chi connectivity index (χ4n) is 2.55. The summed E-state index contributed by atoms with van der Waals surface area (Å²) in [5.41, 5.74) is 2.63. The third-order valence-corrected chi connectivity index (χ3v) is 3.61. The second-order valence-corrected chi connectivity index (χ2v) is 4.97. The van der Waals surface area contributed by atoms with Crippen LogP contribution in [0, 0.1) is 0 Å². The minimum absolute atomic E-state index is 0.611. The first-order valence-corrected chi connectivity index (χ1v) is 6.82. The lowest BCUT2D eigenvalue weighted by Crippen LogP contribution is -2.30. The molecule has 18 heavy (non-hydrogen) atoms. The van der Waals surface area contributed by atoms with Gasteiger partial charge < -0.3 is 10.3 Å². The maximum atomic E-state index is 5.48. The average Bonchev–Trinajstić information content (AvgIpc) is 2.91. The molecule has 3 N–H and O–H groups in total. The van der Waals surface area contributed by atoms with Crippen LogP contribution in [0.3, 0.4) is 0 Å². The molecule has 0 amide bonds. The Morgan fingerprint density at radius 1 is 1.39 bits per heavy atom. The predicted molar refractivity (Wildman–Crippen MR) is 74.5 cm³/mol. The number of rotatable bonds is 5. The Morgan fingerprint density at radius 3 is 2.72 bits per heavy atom. The number of hydrogen-bond acceptors (Lipinski definition) is 5. The average molecular weight is 249 g/mol. The van der Waals surface area contributed by atoms with Crippen molar-refractivity contribution < 1.29 is 0 Å². The van der Waals surface area contributed by atoms with E-state index in [1.165, 1.54) is 25.7 Å². The van der Waals surface area contributed by atoms with Gasteiger partial charge in [0.1, 0.15) is 17.5 Å². The highest BCUT2D eigenvalue weighted by atomic mass is 15.3. The first-order valence-electron chi connectivity index (χ1n) is 6.82. The molecular weight excluding hydrogens is 226 g/mol. The molecule has 1 aliphatic carbocycles. The van der Waals surface area contributed by atoms with E-state index >= 15 is 0 Å². The van der Waals surface area contributed by atoms with E-state index in [-0.39, 0.29) is 0 Å². The Labute approximate surface area is 109 Å². The van der Waals surface area contributed by atoms with Crippen LogP contribution in [0.15, 0.2) is 6.07 Å². The Bertz CT molecular complexity index is 387. The fraction of sp³-hybridized carbons (Fsp3) is 0.692. The zero-order chi connectivity index (χ0) is 13.0. The van der Waals surface area contributed by atoms with Crippen LogP contribution in [-0.2, 0) is 6.42 Å². The molecule has 0 unspecified atom stereocenters. The van der Waals surface area contributed by atoms with Crippen molar-refractivity contribution in [3.63, 3.8) is 0 Å². The zero-order valence-electron chi connectivity index (χ0n) is 11.3. The SMILES string of the molecule is CCCc1nc(NN)cc(N(C)C2CCCC2)n1. The molecule has 100 valence electrons. The second kappa shape index (κ2) is 6.00. The Balaban J connectivity index is 2.21. The summed E-state index contributed by atoms with van der Waals surface area (Å²) >= 11 is 0. The third kappa shape index (κ3) is 2.90. The monoisotopic (exact) mass is 249 g/mol. The summed E-state index contributed by atoms with van der Waals surface area (Å²) in [5.74, 6) is 8.03. The van der Waals surface area contributed by atoms with Crippen molar-refractivity contribution >= 4 is 11.6 Å². The Kier molecular flexibility index (Phi) is 4.36. The van der Waals surface area contributed by atoms with Crippen molar-refractivity contribution in [2.75, 3.05) is 17.4 Å². The lowest BCUT2D eigenvalue weighted by Gasteiger charge is -2.26. The topological polar surface area (TPSA) is 67.1 Å². The van der Waals surface area contributed by atoms with E-state index in [0.29, 0.717) is 11.9 Å². The molecule has 0 aliphatic heterocycles. The highest BCUT2D eigenvalue weighted by Gasteiger charge is 2.21. The molecule has 0 saturated heterocycles. The van der Waals surface area contributed by atoms with Gasteiger partial charge in [-0.1, -0.05) is 19.8 Å². The van der Waals surface area contributed by atoms with Gasteiger partial charge in [-0.25, -0.2) is 15.8 Å². The smallest absolute Gasteiger partial charge is 0.145 e. The molecule has 5 nitrogen and oxygen atoms in total. The van der Waals surface area contributed by atoms with Crippen molar-refractivity contribution in [1.29, 1.82) is 0 Å². The van der Waals surface area contributed by atoms with Gasteiger partial charge in [-0.3, -0.25) is 0 Å². The van der Waals surface area contributed by atoms with Crippen molar-refractivity contribution in [3.05, 3.63) is 11.9 Å². The summed E-state index contributed by atoms with van der Waals surface area (Å²) in [6.45, 7) is 2.13. The standard InChI is InChI=1S/C13H23N5/c1-3-6-11-15-12(17-14)9-13(16-11)18(2)10-7-4-5-8-10/h9-10H,3-8,14H2,1-2H3,(H,15,16,17). The molecule has 1 fully saturated rings. The minimum atomic E-state index is 0.611. The Morgan fingerprint density at radius 2 is 2.11 bits per heavy atom. The van der Waals surface area contributed by atoms with Crippen LogP contribution in [0.5, 0.6) is 0 Å². The summed E-state index contributed by atoms with van der Waals surface area (Å²) in [6.07, 6.45) is 7.10. The maximum Gasteiger partial charge on any atom is 0.145 e. The minimum Gasteiger partial charge on any atom is -0.357 e. The van der Waals surface area contributed by atoms with Crippen LogP contribution < -0.4 is 16.2 Å². The number of aromatic nitrogens is 2. The van der Waals surface area contributed by atoms with Gasteiger partial charge in [-0.2, -0.15) is 0 Å². The number of hydrazine groups is 1. The highest BCUT2D eigenvalue weighted by molar-refractivity contribution is 5.49. The van der Waals surface area contributed by atoms with E-state index < -0.39 is 0 Å². The molecule has 0 bridgehead atoms. The molecule has 1 aromatic heterocycles. The molecule has 1 aliphatic rings. The van der Waals surface area contributed by atoms with E-state index in [9.17, 15) is 0 Å². The largest absolute Gasteiger partial charge is 0.357 e. The van der Waals surface area contributed by atoms with Gasteiger partial charge in [0.2, 0.25) is 0 Å². The van der Waals surface area contributed by atoms with E-state index in [0.717, 1.165) is 24.5 Å². The van der Waals surface area contributed by atoms with Gasteiger partial charge in [0, 0.05) is 25.6 Å². The fourth-order valence-corrected chi connectivity index (χ4v) is 2.55. The van der Waals surface area contributed by atoms with Crippen LogP contribution in [0.1, 0.15) is 44.9 Å². The summed E-state index contributed by atoms with van der Waals surface area (Å²) in [6, 6.07) is 2.54. The van der Waals surface area contributed by atoms with Crippen LogP contribution in [-0.4, -0.2) is 23.1 Å². The van der Waals surface area contributed by atoms with E-state index in [1.54, 1.807) is 0 Å². The predicted octanol–water partition coefficient (Wildman–Crippen LogP) is 2.09. The highest BCUT2D eigenvalue weighted by Crippen LogP contribution is 2.26. The van der Waals surface area contributed by atoms with Crippen LogP contribution in [0.2, 0.25) is 0 Å². The van der Waals surface area contributed by atoms with Crippen molar-refractivity contribution in [1.82, 2.24) is 9.97 Å². The molecule has 1 aromatic rings. The van der Waals surface area contributed by atoms with Gasteiger partial charge >= 0.3 is 0 Å². The quantitative estimate of drug-likeness (QED) is 0.618. The molecule has 1 heterocycles. The normalized spacial score (nSPS) is 15.9. The van der Waals surface area contributed by atoms with Crippen LogP contribution in [0.4, 0.5) is 11.6 Å². The zero-order valence-corrected chi connectivity index (χ0v) is 11.3. The molecule has 0 spiro atoms. The van der Waals surface area contributed by atoms with Crippen molar-refractivity contribution in [2.24, 2.45) is 5.84 Å². The molecule has 0 radical (unpaired) electrons. The third-order valence-electron chi connectivity index (χ3n) is 3.61. The number of aryl methyl sites for hydroxylation is 1. The molecular formula is C13H23N5. The Hall–Kier alpha value is -1.36. The van der Waals surface area contributed by atoms with E-state index in [1.807, 2.05) is 6.07 Å². The maximum absolute atomic E-state index is 5.48. The van der Waals surface area contributed by atoms with Gasteiger partial charge in [-0.05, 0) is 19.3 Å². The van der Waals surface area contributed by atoms with Gasteiger partial charge in [0.05, 0.1) is 0 Å².